The first-order valence-corrected chi connectivity index (χ1v) is 10.5. The van der Waals surface area contributed by atoms with Crippen LogP contribution in [0.4, 0.5) is 0 Å². The number of carbonyl (C=O) groups is 1. The molecule has 0 aliphatic heterocycles. The van der Waals surface area contributed by atoms with Crippen molar-refractivity contribution in [1.82, 2.24) is 4.90 Å². The van der Waals surface area contributed by atoms with Gasteiger partial charge in [-0.2, -0.15) is 0 Å². The minimum absolute atomic E-state index is 0.105. The second kappa shape index (κ2) is 10.7. The molecule has 3 atom stereocenters. The Bertz CT molecular complexity index is 524. The van der Waals surface area contributed by atoms with Gasteiger partial charge in [0.05, 0.1) is 12.1 Å². The summed E-state index contributed by atoms with van der Waals surface area (Å²) < 4.78 is 0. The van der Waals surface area contributed by atoms with E-state index in [9.17, 15) is 9.90 Å². The van der Waals surface area contributed by atoms with E-state index in [4.69, 9.17) is 0 Å². The predicted octanol–water partition coefficient (Wildman–Crippen LogP) is 5.34. The number of likely N-dealkylation sites (N-methyl/N-ethyl adjacent to an activating group) is 1. The molecule has 1 aromatic carbocycles. The molecule has 0 aromatic heterocycles. The van der Waals surface area contributed by atoms with E-state index in [1.54, 1.807) is 4.90 Å². The first-order chi connectivity index (χ1) is 12.5. The van der Waals surface area contributed by atoms with E-state index in [0.717, 1.165) is 31.2 Å². The van der Waals surface area contributed by atoms with Crippen LogP contribution in [0.25, 0.3) is 0 Å². The quantitative estimate of drug-likeness (QED) is 0.646. The van der Waals surface area contributed by atoms with Crippen molar-refractivity contribution >= 4 is 5.91 Å². The third-order valence-electron chi connectivity index (χ3n) is 6.15. The lowest BCUT2D eigenvalue weighted by molar-refractivity contribution is -0.139. The van der Waals surface area contributed by atoms with E-state index < -0.39 is 6.10 Å². The number of amides is 1. The summed E-state index contributed by atoms with van der Waals surface area (Å²) in [6, 6.07) is 9.44. The number of unbranched alkanes of at least 4 members (excludes halogenated alkanes) is 1. The number of rotatable bonds is 9. The summed E-state index contributed by atoms with van der Waals surface area (Å²) in [6.07, 6.45) is 10.1. The van der Waals surface area contributed by atoms with Crippen molar-refractivity contribution in [3.63, 3.8) is 0 Å². The molecule has 1 fully saturated rings. The second-order valence-electron chi connectivity index (χ2n) is 8.12. The van der Waals surface area contributed by atoms with Crippen LogP contribution in [0.2, 0.25) is 0 Å². The zero-order chi connectivity index (χ0) is 18.9. The van der Waals surface area contributed by atoms with Crippen molar-refractivity contribution in [2.75, 3.05) is 7.05 Å². The minimum atomic E-state index is -0.647. The highest BCUT2D eigenvalue weighted by Crippen LogP contribution is 2.32. The number of aliphatic hydroxyl groups excluding tert-OH is 1. The highest BCUT2D eigenvalue weighted by molar-refractivity contribution is 5.79. The van der Waals surface area contributed by atoms with Gasteiger partial charge in [-0.1, -0.05) is 82.2 Å². The van der Waals surface area contributed by atoms with Crippen molar-refractivity contribution in [2.24, 2.45) is 11.8 Å². The Hall–Kier alpha value is -1.35. The second-order valence-corrected chi connectivity index (χ2v) is 8.12. The fourth-order valence-electron chi connectivity index (χ4n) is 4.25. The van der Waals surface area contributed by atoms with Crippen LogP contribution < -0.4 is 0 Å². The molecule has 146 valence electrons. The van der Waals surface area contributed by atoms with Gasteiger partial charge in [0.2, 0.25) is 5.91 Å². The van der Waals surface area contributed by atoms with Crippen LogP contribution in [-0.4, -0.2) is 29.0 Å². The molecule has 0 spiro atoms. The molecule has 0 heterocycles. The topological polar surface area (TPSA) is 40.5 Å². The highest BCUT2D eigenvalue weighted by Gasteiger charge is 2.30. The summed E-state index contributed by atoms with van der Waals surface area (Å²) in [5.74, 6) is 1.03. The van der Waals surface area contributed by atoms with E-state index >= 15 is 0 Å². The van der Waals surface area contributed by atoms with Gasteiger partial charge in [-0.3, -0.25) is 4.79 Å². The molecule has 3 unspecified atom stereocenters. The van der Waals surface area contributed by atoms with Gasteiger partial charge in [-0.25, -0.2) is 0 Å². The van der Waals surface area contributed by atoms with Gasteiger partial charge in [0.25, 0.3) is 0 Å². The molecule has 0 radical (unpaired) electrons. The van der Waals surface area contributed by atoms with Crippen molar-refractivity contribution in [2.45, 2.75) is 83.8 Å². The molecule has 3 nitrogen and oxygen atoms in total. The summed E-state index contributed by atoms with van der Waals surface area (Å²) in [7, 11) is 1.86. The number of hydrogen-bond donors (Lipinski definition) is 1. The predicted molar refractivity (Wildman–Crippen MR) is 108 cm³/mol. The van der Waals surface area contributed by atoms with Crippen molar-refractivity contribution in [3.8, 4) is 0 Å². The first-order valence-electron chi connectivity index (χ1n) is 10.5. The minimum Gasteiger partial charge on any atom is -0.386 e. The Kier molecular flexibility index (Phi) is 8.64. The lowest BCUT2D eigenvalue weighted by Crippen LogP contribution is -2.42. The van der Waals surface area contributed by atoms with E-state index in [0.29, 0.717) is 5.92 Å². The van der Waals surface area contributed by atoms with Gasteiger partial charge >= 0.3 is 0 Å². The molecule has 0 saturated heterocycles. The summed E-state index contributed by atoms with van der Waals surface area (Å²) in [5, 5.41) is 10.7. The van der Waals surface area contributed by atoms with Crippen LogP contribution in [0.5, 0.6) is 0 Å². The van der Waals surface area contributed by atoms with Gasteiger partial charge in [0.1, 0.15) is 0 Å². The lowest BCUT2D eigenvalue weighted by atomic mass is 9.80. The van der Waals surface area contributed by atoms with Crippen LogP contribution in [-0.2, 0) is 4.79 Å². The largest absolute Gasteiger partial charge is 0.386 e. The molecule has 1 saturated carbocycles. The van der Waals surface area contributed by atoms with E-state index in [2.05, 4.69) is 6.92 Å². The van der Waals surface area contributed by atoms with Crippen LogP contribution in [0.15, 0.2) is 30.3 Å². The molecule has 26 heavy (non-hydrogen) atoms. The Morgan fingerprint density at radius 2 is 1.85 bits per heavy atom. The molecule has 3 heteroatoms. The standard InChI is InChI=1S/C23H37NO2/c1-4-5-14-21(17-19-12-8-6-9-13-19)23(26)24(3)18(2)22(25)20-15-10-7-11-16-20/h7,10-11,15-16,18-19,21-22,25H,4-6,8-9,12-14,17H2,1-3H3. The molecule has 1 N–H and O–H groups in total. The van der Waals surface area contributed by atoms with Crippen LogP contribution in [0.3, 0.4) is 0 Å². The normalized spacial score (nSPS) is 18.9. The summed E-state index contributed by atoms with van der Waals surface area (Å²) in [5.41, 5.74) is 0.872. The number of benzene rings is 1. The number of hydrogen-bond acceptors (Lipinski definition) is 2. The number of nitrogens with zero attached hydrogens (tertiary/aromatic N) is 1. The fourth-order valence-corrected chi connectivity index (χ4v) is 4.25. The monoisotopic (exact) mass is 359 g/mol. The lowest BCUT2D eigenvalue weighted by Gasteiger charge is -2.34. The smallest absolute Gasteiger partial charge is 0.225 e. The molecular formula is C23H37NO2. The maximum atomic E-state index is 13.2. The van der Waals surface area contributed by atoms with E-state index in [1.807, 2.05) is 44.3 Å². The fraction of sp³-hybridized carbons (Fsp3) is 0.696. The molecule has 1 amide bonds. The molecule has 0 bridgehead atoms. The average molecular weight is 360 g/mol. The van der Waals surface area contributed by atoms with Gasteiger partial charge < -0.3 is 10.0 Å². The third-order valence-corrected chi connectivity index (χ3v) is 6.15. The van der Waals surface area contributed by atoms with E-state index in [1.165, 1.54) is 32.1 Å². The van der Waals surface area contributed by atoms with Crippen molar-refractivity contribution in [1.29, 1.82) is 0 Å². The molecule has 1 aliphatic rings. The van der Waals surface area contributed by atoms with Crippen molar-refractivity contribution < 1.29 is 9.90 Å². The molecule has 2 rings (SSSR count). The Morgan fingerprint density at radius 3 is 2.46 bits per heavy atom. The number of aliphatic hydroxyl groups is 1. The average Bonchev–Trinajstić information content (AvgIpc) is 2.70. The van der Waals surface area contributed by atoms with Crippen LogP contribution in [0.1, 0.15) is 83.3 Å². The van der Waals surface area contributed by atoms with Crippen LogP contribution >= 0.6 is 0 Å². The Labute approximate surface area is 159 Å². The van der Waals surface area contributed by atoms with E-state index in [-0.39, 0.29) is 17.9 Å². The summed E-state index contributed by atoms with van der Waals surface area (Å²) in [4.78, 5) is 15.0. The maximum Gasteiger partial charge on any atom is 0.225 e. The van der Waals surface area contributed by atoms with Gasteiger partial charge in [0.15, 0.2) is 0 Å². The maximum absolute atomic E-state index is 13.2. The Morgan fingerprint density at radius 1 is 1.19 bits per heavy atom. The Balaban J connectivity index is 2.02. The van der Waals surface area contributed by atoms with Gasteiger partial charge in [-0.15, -0.1) is 0 Å². The summed E-state index contributed by atoms with van der Waals surface area (Å²) in [6.45, 7) is 4.14. The van der Waals surface area contributed by atoms with Gasteiger partial charge in [-0.05, 0) is 31.2 Å². The number of carbonyl (C=O) groups excluding carboxylic acids is 1. The van der Waals surface area contributed by atoms with Crippen molar-refractivity contribution in [3.05, 3.63) is 35.9 Å². The highest BCUT2D eigenvalue weighted by atomic mass is 16.3. The molecule has 1 aromatic rings. The van der Waals surface area contributed by atoms with Gasteiger partial charge in [0, 0.05) is 13.0 Å². The van der Waals surface area contributed by atoms with Crippen LogP contribution in [0, 0.1) is 11.8 Å². The SMILES string of the molecule is CCCCC(CC1CCCCC1)C(=O)N(C)C(C)C(O)c1ccccc1. The first kappa shape index (κ1) is 21.0. The zero-order valence-corrected chi connectivity index (χ0v) is 16.9. The molecule has 1 aliphatic carbocycles. The third kappa shape index (κ3) is 5.84. The zero-order valence-electron chi connectivity index (χ0n) is 16.9. The summed E-state index contributed by atoms with van der Waals surface area (Å²) >= 11 is 0. The molecular weight excluding hydrogens is 322 g/mol.